The van der Waals surface area contributed by atoms with Crippen molar-refractivity contribution >= 4 is 5.69 Å². The first-order valence-corrected chi connectivity index (χ1v) is 6.42. The van der Waals surface area contributed by atoms with Gasteiger partial charge < -0.3 is 14.4 Å². The van der Waals surface area contributed by atoms with Crippen LogP contribution in [-0.2, 0) is 4.74 Å². The molecule has 1 aromatic carbocycles. The Morgan fingerprint density at radius 1 is 1.24 bits per heavy atom. The summed E-state index contributed by atoms with van der Waals surface area (Å²) in [5.74, 6) is 1.02. The molecule has 3 heteroatoms. The summed E-state index contributed by atoms with van der Waals surface area (Å²) in [6.07, 6.45) is 0. The van der Waals surface area contributed by atoms with Gasteiger partial charge in [0.05, 0.1) is 24.9 Å². The molecule has 0 saturated carbocycles. The molecule has 2 aliphatic heterocycles. The van der Waals surface area contributed by atoms with E-state index in [-0.39, 0.29) is 0 Å². The number of morpholine rings is 1. The lowest BCUT2D eigenvalue weighted by atomic mass is 10.1. The second kappa shape index (κ2) is 5.41. The van der Waals surface area contributed by atoms with Crippen LogP contribution >= 0.6 is 0 Å². The van der Waals surface area contributed by atoms with Gasteiger partial charge in [0.15, 0.2) is 0 Å². The number of fused-ring (bicyclic) bond motifs is 3. The average Bonchev–Trinajstić information content (AvgIpc) is 2.40. The Morgan fingerprint density at radius 2 is 2.06 bits per heavy atom. The second-order valence-corrected chi connectivity index (χ2v) is 4.20. The molecule has 94 valence electrons. The summed E-state index contributed by atoms with van der Waals surface area (Å²) in [6, 6.07) is 6.80. The molecule has 0 N–H and O–H groups in total. The van der Waals surface area contributed by atoms with E-state index in [2.05, 4.69) is 30.0 Å². The minimum Gasteiger partial charge on any atom is -0.489 e. The third-order valence-corrected chi connectivity index (χ3v) is 3.08. The summed E-state index contributed by atoms with van der Waals surface area (Å²) in [5.41, 5.74) is 2.47. The van der Waals surface area contributed by atoms with Gasteiger partial charge in [-0.3, -0.25) is 0 Å². The molecule has 0 radical (unpaired) electrons. The van der Waals surface area contributed by atoms with Crippen molar-refractivity contribution in [1.29, 1.82) is 0 Å². The summed E-state index contributed by atoms with van der Waals surface area (Å²) >= 11 is 0. The van der Waals surface area contributed by atoms with Crippen LogP contribution in [0.1, 0.15) is 19.4 Å². The summed E-state index contributed by atoms with van der Waals surface area (Å²) in [6.45, 7) is 9.42. The van der Waals surface area contributed by atoms with E-state index < -0.39 is 0 Å². The van der Waals surface area contributed by atoms with Gasteiger partial charge in [-0.05, 0) is 24.6 Å². The van der Waals surface area contributed by atoms with E-state index in [9.17, 15) is 0 Å². The maximum Gasteiger partial charge on any atom is 0.142 e. The minimum absolute atomic E-state index is 0.397. The van der Waals surface area contributed by atoms with Gasteiger partial charge in [0.25, 0.3) is 0 Å². The van der Waals surface area contributed by atoms with E-state index in [1.165, 1.54) is 11.3 Å². The molecule has 0 amide bonds. The molecule has 3 nitrogen and oxygen atoms in total. The Morgan fingerprint density at radius 3 is 2.88 bits per heavy atom. The molecule has 1 saturated heterocycles. The van der Waals surface area contributed by atoms with Crippen LogP contribution < -0.4 is 9.64 Å². The van der Waals surface area contributed by atoms with Crippen molar-refractivity contribution in [3.8, 4) is 5.75 Å². The highest BCUT2D eigenvalue weighted by Crippen LogP contribution is 2.35. The van der Waals surface area contributed by atoms with Crippen molar-refractivity contribution in [2.75, 3.05) is 31.3 Å². The molecule has 0 bridgehead atoms. The Hall–Kier alpha value is -1.22. The predicted molar refractivity (Wildman–Crippen MR) is 70.0 cm³/mol. The lowest BCUT2D eigenvalue weighted by Crippen LogP contribution is -2.51. The third kappa shape index (κ3) is 2.39. The monoisotopic (exact) mass is 235 g/mol. The molecule has 17 heavy (non-hydrogen) atoms. The molecule has 1 atom stereocenters. The fourth-order valence-electron chi connectivity index (χ4n) is 2.27. The maximum absolute atomic E-state index is 5.75. The first-order valence-electron chi connectivity index (χ1n) is 6.42. The molecular weight excluding hydrogens is 214 g/mol. The number of hydrogen-bond donors (Lipinski definition) is 0. The quantitative estimate of drug-likeness (QED) is 0.690. The fraction of sp³-hybridized carbons (Fsp3) is 0.571. The number of ether oxygens (including phenoxy) is 2. The van der Waals surface area contributed by atoms with E-state index in [4.69, 9.17) is 9.47 Å². The third-order valence-electron chi connectivity index (χ3n) is 3.08. The zero-order chi connectivity index (χ0) is 12.3. The van der Waals surface area contributed by atoms with Crippen LogP contribution in [0.4, 0.5) is 5.69 Å². The Balaban J connectivity index is 0.000000514. The van der Waals surface area contributed by atoms with Gasteiger partial charge >= 0.3 is 0 Å². The highest BCUT2D eigenvalue weighted by Gasteiger charge is 2.29. The zero-order valence-electron chi connectivity index (χ0n) is 10.9. The first-order chi connectivity index (χ1) is 8.34. The van der Waals surface area contributed by atoms with Crippen LogP contribution in [0.3, 0.4) is 0 Å². The van der Waals surface area contributed by atoms with Crippen LogP contribution in [0.15, 0.2) is 18.2 Å². The SMILES string of the molecule is CC.Cc1ccc2c(c1)OCC1COCCN21. The highest BCUT2D eigenvalue weighted by atomic mass is 16.5. The van der Waals surface area contributed by atoms with E-state index in [1.54, 1.807) is 0 Å². The number of hydrogen-bond acceptors (Lipinski definition) is 3. The summed E-state index contributed by atoms with van der Waals surface area (Å²) in [7, 11) is 0. The second-order valence-electron chi connectivity index (χ2n) is 4.20. The van der Waals surface area contributed by atoms with E-state index >= 15 is 0 Å². The summed E-state index contributed by atoms with van der Waals surface area (Å²) in [4.78, 5) is 2.40. The van der Waals surface area contributed by atoms with Crippen LogP contribution in [0.2, 0.25) is 0 Å². The Bertz CT molecular complexity index is 378. The van der Waals surface area contributed by atoms with Gasteiger partial charge in [0, 0.05) is 6.54 Å². The maximum atomic E-state index is 5.75. The van der Waals surface area contributed by atoms with Crippen molar-refractivity contribution < 1.29 is 9.47 Å². The molecule has 0 aromatic heterocycles. The van der Waals surface area contributed by atoms with Gasteiger partial charge in [-0.25, -0.2) is 0 Å². The molecule has 0 aliphatic carbocycles. The van der Waals surface area contributed by atoms with Gasteiger partial charge in [-0.15, -0.1) is 0 Å². The lowest BCUT2D eigenvalue weighted by Gasteiger charge is -2.41. The highest BCUT2D eigenvalue weighted by molar-refractivity contribution is 5.62. The van der Waals surface area contributed by atoms with Gasteiger partial charge in [-0.2, -0.15) is 0 Å². The first kappa shape index (κ1) is 12.2. The van der Waals surface area contributed by atoms with Crippen LogP contribution in [0.25, 0.3) is 0 Å². The molecule has 3 rings (SSSR count). The number of benzene rings is 1. The molecule has 1 fully saturated rings. The van der Waals surface area contributed by atoms with E-state index in [0.717, 1.165) is 32.1 Å². The van der Waals surface area contributed by atoms with E-state index in [0.29, 0.717) is 6.04 Å². The average molecular weight is 235 g/mol. The van der Waals surface area contributed by atoms with Gasteiger partial charge in [-0.1, -0.05) is 19.9 Å². The zero-order valence-corrected chi connectivity index (χ0v) is 10.9. The topological polar surface area (TPSA) is 21.7 Å². The number of aryl methyl sites for hydroxylation is 1. The number of anilines is 1. The molecule has 1 unspecified atom stereocenters. The smallest absolute Gasteiger partial charge is 0.142 e. The van der Waals surface area contributed by atoms with Gasteiger partial charge in [0.1, 0.15) is 12.4 Å². The van der Waals surface area contributed by atoms with Gasteiger partial charge in [0.2, 0.25) is 0 Å². The Labute approximate surface area is 103 Å². The normalized spacial score (nSPS) is 21.6. The summed E-state index contributed by atoms with van der Waals surface area (Å²) < 4.78 is 11.2. The number of rotatable bonds is 0. The van der Waals surface area contributed by atoms with Crippen molar-refractivity contribution in [3.63, 3.8) is 0 Å². The number of nitrogens with zero attached hydrogens (tertiary/aromatic N) is 1. The van der Waals surface area contributed by atoms with Crippen LogP contribution in [0, 0.1) is 6.92 Å². The van der Waals surface area contributed by atoms with Crippen molar-refractivity contribution in [2.24, 2.45) is 0 Å². The standard InChI is InChI=1S/C12H15NO2.C2H6/c1-9-2-3-11-12(6-9)15-8-10-7-14-5-4-13(10)11;1-2/h2-3,6,10H,4-5,7-8H2,1H3;1-2H3. The molecule has 1 aromatic rings. The molecule has 0 spiro atoms. The van der Waals surface area contributed by atoms with Crippen LogP contribution in [-0.4, -0.2) is 32.4 Å². The fourth-order valence-corrected chi connectivity index (χ4v) is 2.27. The molecule has 2 aliphatic rings. The molecule has 2 heterocycles. The Kier molecular flexibility index (Phi) is 3.89. The predicted octanol–water partition coefficient (Wildman–Crippen LogP) is 2.62. The van der Waals surface area contributed by atoms with Crippen molar-refractivity contribution in [3.05, 3.63) is 23.8 Å². The molecular formula is C14H21NO2. The van der Waals surface area contributed by atoms with Crippen molar-refractivity contribution in [1.82, 2.24) is 0 Å². The minimum atomic E-state index is 0.397. The van der Waals surface area contributed by atoms with E-state index in [1.807, 2.05) is 13.8 Å². The largest absolute Gasteiger partial charge is 0.489 e. The van der Waals surface area contributed by atoms with Crippen molar-refractivity contribution in [2.45, 2.75) is 26.8 Å². The lowest BCUT2D eigenvalue weighted by molar-refractivity contribution is 0.0705. The van der Waals surface area contributed by atoms with Crippen LogP contribution in [0.5, 0.6) is 5.75 Å². The summed E-state index contributed by atoms with van der Waals surface area (Å²) in [5, 5.41) is 0.